The molecule has 0 unspecified atom stereocenters. The average Bonchev–Trinajstić information content (AvgIpc) is 2.78. The first kappa shape index (κ1) is 26.5. The number of carbonyl (C=O) groups is 3. The van der Waals surface area contributed by atoms with Crippen molar-refractivity contribution in [3.8, 4) is 0 Å². The summed E-state index contributed by atoms with van der Waals surface area (Å²) in [5, 5.41) is 5.80. The maximum Gasteiger partial charge on any atom is 0.331 e. The van der Waals surface area contributed by atoms with Crippen LogP contribution in [0, 0.1) is 29.5 Å². The fraction of sp³-hybridized carbons (Fsp3) is 0.560. The lowest BCUT2D eigenvalue weighted by atomic mass is 9.69. The predicted octanol–water partition coefficient (Wildman–Crippen LogP) is 2.99. The van der Waals surface area contributed by atoms with Crippen LogP contribution in [0.5, 0.6) is 0 Å². The van der Waals surface area contributed by atoms with Gasteiger partial charge in [-0.2, -0.15) is 0 Å². The van der Waals surface area contributed by atoms with Gasteiger partial charge in [0.05, 0.1) is 7.11 Å². The summed E-state index contributed by atoms with van der Waals surface area (Å²) in [6.45, 7) is 6.72. The van der Waals surface area contributed by atoms with E-state index in [2.05, 4.69) is 35.3 Å². The van der Waals surface area contributed by atoms with Crippen LogP contribution in [0.25, 0.3) is 0 Å². The Hall–Kier alpha value is -2.74. The fourth-order valence-corrected chi connectivity index (χ4v) is 4.18. The quantitative estimate of drug-likeness (QED) is 0.390. The van der Waals surface area contributed by atoms with Crippen molar-refractivity contribution in [1.82, 2.24) is 10.6 Å². The molecule has 1 aromatic rings. The smallest absolute Gasteiger partial charge is 0.331 e. The lowest BCUT2D eigenvalue weighted by molar-refractivity contribution is -0.147. The van der Waals surface area contributed by atoms with E-state index in [1.165, 1.54) is 19.2 Å². The molecule has 0 radical (unpaired) electrons. The maximum atomic E-state index is 13.0. The molecule has 0 saturated heterocycles. The minimum Gasteiger partial charge on any atom is -0.467 e. The number of methoxy groups -OCH3 is 1. The Labute approximate surface area is 195 Å². The van der Waals surface area contributed by atoms with Gasteiger partial charge in [0.1, 0.15) is 19.0 Å². The molecule has 33 heavy (non-hydrogen) atoms. The molecule has 1 aromatic carbocycles. The molecule has 0 fully saturated rings. The van der Waals surface area contributed by atoms with Crippen molar-refractivity contribution in [1.29, 1.82) is 0 Å². The molecule has 3 atom stereocenters. The highest BCUT2D eigenvalue weighted by Gasteiger charge is 2.32. The van der Waals surface area contributed by atoms with Crippen molar-refractivity contribution in [3.05, 3.63) is 47.3 Å². The molecule has 0 aromatic heterocycles. The number of hydrogen-bond acceptors (Lipinski definition) is 5. The van der Waals surface area contributed by atoms with Gasteiger partial charge in [-0.1, -0.05) is 37.6 Å². The van der Waals surface area contributed by atoms with Crippen LogP contribution in [0.1, 0.15) is 39.2 Å². The molecule has 1 aliphatic carbocycles. The number of ether oxygens (including phenoxy) is 2. The zero-order chi connectivity index (χ0) is 24.4. The van der Waals surface area contributed by atoms with E-state index in [0.717, 1.165) is 17.6 Å². The number of hydrogen-bond donors (Lipinski definition) is 2. The molecular weight excluding hydrogens is 427 g/mol. The van der Waals surface area contributed by atoms with E-state index >= 15 is 0 Å². The molecule has 0 bridgehead atoms. The van der Waals surface area contributed by atoms with Crippen molar-refractivity contribution in [3.63, 3.8) is 0 Å². The Morgan fingerprint density at radius 3 is 2.42 bits per heavy atom. The molecule has 2 amide bonds. The Bertz CT molecular complexity index is 838. The van der Waals surface area contributed by atoms with Crippen molar-refractivity contribution >= 4 is 17.8 Å². The number of carbonyl (C=O) groups excluding carboxylic acids is 3. The lowest BCUT2D eigenvalue weighted by Gasteiger charge is -2.37. The first-order chi connectivity index (χ1) is 15.7. The molecule has 2 rings (SSSR count). The number of nitrogens with one attached hydrogen (secondary N) is 2. The predicted molar refractivity (Wildman–Crippen MR) is 122 cm³/mol. The Morgan fingerprint density at radius 1 is 1.09 bits per heavy atom. The van der Waals surface area contributed by atoms with Crippen LogP contribution in [0.15, 0.2) is 35.9 Å². The van der Waals surface area contributed by atoms with Gasteiger partial charge in [-0.05, 0) is 54.7 Å². The summed E-state index contributed by atoms with van der Waals surface area (Å²) >= 11 is 0. The first-order valence-corrected chi connectivity index (χ1v) is 11.3. The summed E-state index contributed by atoms with van der Waals surface area (Å²) in [4.78, 5) is 35.6. The standard InChI is InChI=1S/C25H35FN2O5/c1-16(2)22-10-19(11-23(29)27-12-18-5-7-21(26)8-6-18)17(3)9-20(22)13-28-24(30)14-33-15-25(31)32-4/h5-9,16,19-20,22H,10-15H2,1-4H3,(H,27,29)(H,28,30)/t19-,20-,22-/m0/s1. The summed E-state index contributed by atoms with van der Waals surface area (Å²) < 4.78 is 22.5. The van der Waals surface area contributed by atoms with Crippen molar-refractivity contribution in [2.45, 2.75) is 40.2 Å². The van der Waals surface area contributed by atoms with E-state index in [0.29, 0.717) is 31.3 Å². The van der Waals surface area contributed by atoms with Gasteiger partial charge in [-0.25, -0.2) is 9.18 Å². The third-order valence-electron chi connectivity index (χ3n) is 6.13. The van der Waals surface area contributed by atoms with E-state index < -0.39 is 5.97 Å². The molecule has 7 nitrogen and oxygen atoms in total. The summed E-state index contributed by atoms with van der Waals surface area (Å²) in [6, 6.07) is 6.09. The summed E-state index contributed by atoms with van der Waals surface area (Å²) in [7, 11) is 1.26. The van der Waals surface area contributed by atoms with E-state index in [4.69, 9.17) is 4.74 Å². The number of amides is 2. The van der Waals surface area contributed by atoms with Gasteiger partial charge in [0.25, 0.3) is 0 Å². The van der Waals surface area contributed by atoms with Crippen LogP contribution in [-0.2, 0) is 30.4 Å². The highest BCUT2D eigenvalue weighted by atomic mass is 19.1. The maximum absolute atomic E-state index is 13.0. The van der Waals surface area contributed by atoms with E-state index in [1.54, 1.807) is 12.1 Å². The third kappa shape index (κ3) is 8.96. The second-order valence-corrected chi connectivity index (χ2v) is 8.90. The summed E-state index contributed by atoms with van der Waals surface area (Å²) in [6.07, 6.45) is 3.43. The number of halogens is 1. The van der Waals surface area contributed by atoms with Gasteiger partial charge in [0.15, 0.2) is 0 Å². The van der Waals surface area contributed by atoms with Crippen LogP contribution < -0.4 is 10.6 Å². The zero-order valence-electron chi connectivity index (χ0n) is 19.9. The van der Waals surface area contributed by atoms with Crippen LogP contribution >= 0.6 is 0 Å². The molecule has 0 spiro atoms. The number of allylic oxidation sites excluding steroid dienone is 1. The van der Waals surface area contributed by atoms with E-state index in [1.807, 2.05) is 6.92 Å². The van der Waals surface area contributed by atoms with Gasteiger partial charge < -0.3 is 20.1 Å². The van der Waals surface area contributed by atoms with Crippen LogP contribution in [-0.4, -0.2) is 44.7 Å². The van der Waals surface area contributed by atoms with Gasteiger partial charge >= 0.3 is 5.97 Å². The summed E-state index contributed by atoms with van der Waals surface area (Å²) in [5.41, 5.74) is 2.00. The summed E-state index contributed by atoms with van der Waals surface area (Å²) in [5.74, 6) is -0.136. The third-order valence-corrected chi connectivity index (χ3v) is 6.13. The van der Waals surface area contributed by atoms with Gasteiger partial charge in [0.2, 0.25) is 11.8 Å². The monoisotopic (exact) mass is 462 g/mol. The second kappa shape index (κ2) is 13.1. The lowest BCUT2D eigenvalue weighted by Crippen LogP contribution is -2.39. The largest absolute Gasteiger partial charge is 0.467 e. The SMILES string of the molecule is COC(=O)COCC(=O)NC[C@@H]1C=C(C)[C@H](CC(=O)NCc2ccc(F)cc2)C[C@H]1C(C)C. The second-order valence-electron chi connectivity index (χ2n) is 8.90. The fourth-order valence-electron chi connectivity index (χ4n) is 4.18. The molecule has 8 heteroatoms. The van der Waals surface area contributed by atoms with E-state index in [-0.39, 0.29) is 42.7 Å². The highest BCUT2D eigenvalue weighted by Crippen LogP contribution is 2.38. The highest BCUT2D eigenvalue weighted by molar-refractivity contribution is 5.78. The van der Waals surface area contributed by atoms with Gasteiger partial charge in [-0.3, -0.25) is 9.59 Å². The first-order valence-electron chi connectivity index (χ1n) is 11.3. The molecule has 0 heterocycles. The molecular formula is C25H35FN2O5. The van der Waals surface area contributed by atoms with Crippen LogP contribution in [0.2, 0.25) is 0 Å². The molecule has 2 N–H and O–H groups in total. The topological polar surface area (TPSA) is 93.7 Å². The van der Waals surface area contributed by atoms with Crippen LogP contribution in [0.3, 0.4) is 0 Å². The molecule has 0 aliphatic heterocycles. The molecule has 1 aliphatic rings. The van der Waals surface area contributed by atoms with E-state index in [9.17, 15) is 18.8 Å². The normalized spacial score (nSPS) is 20.2. The number of rotatable bonds is 11. The Balaban J connectivity index is 1.86. The Kier molecular flexibility index (Phi) is 10.5. The molecule has 0 saturated carbocycles. The van der Waals surface area contributed by atoms with Gasteiger partial charge in [-0.15, -0.1) is 0 Å². The van der Waals surface area contributed by atoms with Gasteiger partial charge in [0, 0.05) is 19.5 Å². The van der Waals surface area contributed by atoms with Crippen molar-refractivity contribution < 1.29 is 28.2 Å². The zero-order valence-corrected chi connectivity index (χ0v) is 19.9. The Morgan fingerprint density at radius 2 is 1.79 bits per heavy atom. The van der Waals surface area contributed by atoms with Crippen LogP contribution in [0.4, 0.5) is 4.39 Å². The van der Waals surface area contributed by atoms with Crippen molar-refractivity contribution in [2.75, 3.05) is 26.9 Å². The number of benzene rings is 1. The average molecular weight is 463 g/mol. The molecule has 182 valence electrons. The number of esters is 1. The minimum absolute atomic E-state index is 0.0333. The minimum atomic E-state index is -0.527. The van der Waals surface area contributed by atoms with Crippen molar-refractivity contribution in [2.24, 2.45) is 23.7 Å².